The molecule has 1 amide bonds. The Labute approximate surface area is 252 Å². The standard InChI is InChI=1S/C34H34N4O4S/c1-22-6-12-28(13-7-22)43(40,41)38-21-30(23-8-10-24(11-9-23)34(39)36(2)3)29-17-27(19-35-33(29)38)26-16-25-14-15-37(4)20-31(25)32(18-26)42-5/h6-13,16-19,21H,14-15,20H2,1-5H3. The lowest BCUT2D eigenvalue weighted by Gasteiger charge is -2.27. The molecule has 0 radical (unpaired) electrons. The van der Waals surface area contributed by atoms with Crippen molar-refractivity contribution in [2.45, 2.75) is 24.8 Å². The first kappa shape index (κ1) is 28.6. The molecule has 6 rings (SSSR count). The van der Waals surface area contributed by atoms with E-state index >= 15 is 0 Å². The Bertz CT molecular complexity index is 1940. The third-order valence-electron chi connectivity index (χ3n) is 8.08. The minimum absolute atomic E-state index is 0.104. The third-order valence-corrected chi connectivity index (χ3v) is 9.75. The van der Waals surface area contributed by atoms with Gasteiger partial charge < -0.3 is 14.5 Å². The first-order chi connectivity index (χ1) is 20.6. The highest BCUT2D eigenvalue weighted by Crippen LogP contribution is 2.38. The van der Waals surface area contributed by atoms with E-state index in [1.165, 1.54) is 20.0 Å². The van der Waals surface area contributed by atoms with Crippen LogP contribution < -0.4 is 4.74 Å². The van der Waals surface area contributed by atoms with Crippen LogP contribution in [0.3, 0.4) is 0 Å². The van der Waals surface area contributed by atoms with E-state index in [-0.39, 0.29) is 10.8 Å². The molecule has 0 bridgehead atoms. The Morgan fingerprint density at radius 1 is 0.953 bits per heavy atom. The fourth-order valence-electron chi connectivity index (χ4n) is 5.64. The molecule has 3 heterocycles. The van der Waals surface area contributed by atoms with Crippen molar-refractivity contribution in [2.24, 2.45) is 0 Å². The Morgan fingerprint density at radius 2 is 1.67 bits per heavy atom. The van der Waals surface area contributed by atoms with Gasteiger partial charge in [-0.15, -0.1) is 0 Å². The molecular formula is C34H34N4O4S. The highest BCUT2D eigenvalue weighted by molar-refractivity contribution is 7.90. The highest BCUT2D eigenvalue weighted by atomic mass is 32.2. The van der Waals surface area contributed by atoms with Crippen molar-refractivity contribution in [1.29, 1.82) is 0 Å². The minimum atomic E-state index is -3.94. The van der Waals surface area contributed by atoms with Gasteiger partial charge in [0.2, 0.25) is 0 Å². The molecule has 0 unspecified atom stereocenters. The quantitative estimate of drug-likeness (QED) is 0.254. The molecule has 0 saturated carbocycles. The van der Waals surface area contributed by atoms with Gasteiger partial charge in [-0.05, 0) is 73.5 Å². The topological polar surface area (TPSA) is 84.7 Å². The molecular weight excluding hydrogens is 560 g/mol. The van der Waals surface area contributed by atoms with Gasteiger partial charge in [0, 0.05) is 67.2 Å². The zero-order valence-corrected chi connectivity index (χ0v) is 25.8. The number of pyridine rings is 1. The van der Waals surface area contributed by atoms with E-state index in [1.54, 1.807) is 70.0 Å². The molecule has 0 fully saturated rings. The second-order valence-electron chi connectivity index (χ2n) is 11.3. The SMILES string of the molecule is COc1cc(-c2cnc3c(c2)c(-c2ccc(C(=O)N(C)C)cc2)cn3S(=O)(=O)c2ccc(C)cc2)cc2c1CN(C)CC2. The number of fused-ring (bicyclic) bond motifs is 2. The summed E-state index contributed by atoms with van der Waals surface area (Å²) >= 11 is 0. The predicted molar refractivity (Wildman–Crippen MR) is 169 cm³/mol. The van der Waals surface area contributed by atoms with E-state index in [9.17, 15) is 13.2 Å². The molecule has 9 heteroatoms. The number of ether oxygens (including phenoxy) is 1. The number of methoxy groups -OCH3 is 1. The lowest BCUT2D eigenvalue weighted by atomic mass is 9.93. The molecule has 2 aromatic heterocycles. The Kier molecular flexibility index (Phi) is 7.31. The van der Waals surface area contributed by atoms with Crippen molar-refractivity contribution < 1.29 is 17.9 Å². The number of benzene rings is 3. The van der Waals surface area contributed by atoms with E-state index in [1.807, 2.05) is 31.2 Å². The first-order valence-electron chi connectivity index (χ1n) is 14.1. The van der Waals surface area contributed by atoms with E-state index in [0.717, 1.165) is 47.5 Å². The number of carbonyl (C=O) groups is 1. The summed E-state index contributed by atoms with van der Waals surface area (Å²) in [5, 5.41) is 0.691. The smallest absolute Gasteiger partial charge is 0.269 e. The average molecular weight is 595 g/mol. The summed E-state index contributed by atoms with van der Waals surface area (Å²) in [6.07, 6.45) is 4.27. The summed E-state index contributed by atoms with van der Waals surface area (Å²) in [4.78, 5) is 21.2. The number of aryl methyl sites for hydroxylation is 1. The summed E-state index contributed by atoms with van der Waals surface area (Å²) in [5.74, 6) is 0.729. The van der Waals surface area contributed by atoms with Gasteiger partial charge in [0.15, 0.2) is 5.65 Å². The first-order valence-corrected chi connectivity index (χ1v) is 15.5. The van der Waals surface area contributed by atoms with E-state index in [0.29, 0.717) is 22.2 Å². The maximum Gasteiger partial charge on any atom is 0.269 e. The number of carbonyl (C=O) groups excluding carboxylic acids is 1. The summed E-state index contributed by atoms with van der Waals surface area (Å²) in [7, 11) is 3.27. The normalized spacial score (nSPS) is 13.6. The van der Waals surface area contributed by atoms with E-state index < -0.39 is 10.0 Å². The van der Waals surface area contributed by atoms with Crippen LogP contribution in [0.1, 0.15) is 27.0 Å². The van der Waals surface area contributed by atoms with Crippen molar-refractivity contribution in [1.82, 2.24) is 18.8 Å². The average Bonchev–Trinajstić information content (AvgIpc) is 3.40. The second kappa shape index (κ2) is 11.0. The van der Waals surface area contributed by atoms with Gasteiger partial charge in [-0.25, -0.2) is 17.4 Å². The summed E-state index contributed by atoms with van der Waals surface area (Å²) < 4.78 is 34.9. The van der Waals surface area contributed by atoms with Crippen LogP contribution in [0.15, 0.2) is 84.0 Å². The third kappa shape index (κ3) is 5.19. The van der Waals surface area contributed by atoms with Gasteiger partial charge in [-0.1, -0.05) is 35.9 Å². The van der Waals surface area contributed by atoms with Gasteiger partial charge in [-0.3, -0.25) is 4.79 Å². The fourth-order valence-corrected chi connectivity index (χ4v) is 6.96. The molecule has 0 atom stereocenters. The molecule has 0 spiro atoms. The summed E-state index contributed by atoms with van der Waals surface area (Å²) in [6.45, 7) is 3.71. The van der Waals surface area contributed by atoms with Crippen molar-refractivity contribution in [3.63, 3.8) is 0 Å². The lowest BCUT2D eigenvalue weighted by molar-refractivity contribution is 0.0827. The van der Waals surface area contributed by atoms with Gasteiger partial charge >= 0.3 is 0 Å². The maximum atomic E-state index is 13.9. The maximum absolute atomic E-state index is 13.9. The van der Waals surface area contributed by atoms with Gasteiger partial charge in [0.25, 0.3) is 15.9 Å². The monoisotopic (exact) mass is 594 g/mol. The predicted octanol–water partition coefficient (Wildman–Crippen LogP) is 5.61. The molecule has 220 valence electrons. The van der Waals surface area contributed by atoms with Gasteiger partial charge in [0.1, 0.15) is 5.75 Å². The number of aromatic nitrogens is 2. The van der Waals surface area contributed by atoms with Crippen molar-refractivity contribution in [3.8, 4) is 28.0 Å². The van der Waals surface area contributed by atoms with Crippen LogP contribution in [0.5, 0.6) is 5.75 Å². The van der Waals surface area contributed by atoms with Crippen LogP contribution in [-0.2, 0) is 23.0 Å². The summed E-state index contributed by atoms with van der Waals surface area (Å²) in [6, 6.07) is 20.2. The molecule has 3 aromatic carbocycles. The van der Waals surface area contributed by atoms with Crippen LogP contribution >= 0.6 is 0 Å². The van der Waals surface area contributed by atoms with Crippen molar-refractivity contribution >= 4 is 27.0 Å². The minimum Gasteiger partial charge on any atom is -0.496 e. The van der Waals surface area contributed by atoms with Gasteiger partial charge in [0.05, 0.1) is 12.0 Å². The number of rotatable bonds is 6. The molecule has 5 aromatic rings. The van der Waals surface area contributed by atoms with Crippen LogP contribution in [0.25, 0.3) is 33.3 Å². The molecule has 8 nitrogen and oxygen atoms in total. The molecule has 0 aliphatic carbocycles. The number of nitrogens with zero attached hydrogens (tertiary/aromatic N) is 4. The number of hydrogen-bond acceptors (Lipinski definition) is 6. The van der Waals surface area contributed by atoms with Crippen LogP contribution in [0.4, 0.5) is 0 Å². The molecule has 0 N–H and O–H groups in total. The Morgan fingerprint density at radius 3 is 2.35 bits per heavy atom. The summed E-state index contributed by atoms with van der Waals surface area (Å²) in [5.41, 5.74) is 7.60. The molecule has 1 aliphatic heterocycles. The van der Waals surface area contributed by atoms with Crippen molar-refractivity contribution in [3.05, 3.63) is 101 Å². The molecule has 43 heavy (non-hydrogen) atoms. The number of hydrogen-bond donors (Lipinski definition) is 0. The van der Waals surface area contributed by atoms with Crippen molar-refractivity contribution in [2.75, 3.05) is 34.8 Å². The molecule has 0 saturated heterocycles. The van der Waals surface area contributed by atoms with Crippen LogP contribution in [-0.4, -0.2) is 67.9 Å². The van der Waals surface area contributed by atoms with E-state index in [4.69, 9.17) is 9.72 Å². The zero-order valence-electron chi connectivity index (χ0n) is 25.0. The molecule has 1 aliphatic rings. The van der Waals surface area contributed by atoms with E-state index in [2.05, 4.69) is 18.0 Å². The fraction of sp³-hybridized carbons (Fsp3) is 0.235. The van der Waals surface area contributed by atoms with Crippen LogP contribution in [0, 0.1) is 6.92 Å². The number of likely N-dealkylation sites (N-methyl/N-ethyl adjacent to an activating group) is 1. The Balaban J connectivity index is 1.54. The number of amides is 1. The highest BCUT2D eigenvalue weighted by Gasteiger charge is 2.24. The van der Waals surface area contributed by atoms with Crippen LogP contribution in [0.2, 0.25) is 0 Å². The van der Waals surface area contributed by atoms with Gasteiger partial charge in [-0.2, -0.15) is 0 Å². The Hall–Kier alpha value is -4.47. The largest absolute Gasteiger partial charge is 0.496 e. The second-order valence-corrected chi connectivity index (χ2v) is 13.1. The zero-order chi connectivity index (χ0) is 30.5. The lowest BCUT2D eigenvalue weighted by Crippen LogP contribution is -2.27.